The Kier molecular flexibility index (Phi) is 6.45. The Labute approximate surface area is 162 Å². The van der Waals surface area contributed by atoms with Crippen molar-refractivity contribution in [2.75, 3.05) is 19.7 Å². The van der Waals surface area contributed by atoms with Gasteiger partial charge >= 0.3 is 5.97 Å². The summed E-state index contributed by atoms with van der Waals surface area (Å²) in [6.07, 6.45) is 2.19. The molecule has 3 rings (SSSR count). The predicted molar refractivity (Wildman–Crippen MR) is 99.0 cm³/mol. The predicted octanol–water partition coefficient (Wildman–Crippen LogP) is 3.12. The van der Waals surface area contributed by atoms with Crippen LogP contribution in [0.4, 0.5) is 0 Å². The molecule has 0 radical (unpaired) electrons. The lowest BCUT2D eigenvalue weighted by atomic mass is 9.98. The smallest absolute Gasteiger partial charge is 0.310 e. The second-order valence-electron chi connectivity index (χ2n) is 6.45. The average molecular weight is 392 g/mol. The topological polar surface area (TPSA) is 85.5 Å². The van der Waals surface area contributed by atoms with E-state index >= 15 is 0 Å². The van der Waals surface area contributed by atoms with Crippen LogP contribution < -0.4 is 0 Å². The van der Waals surface area contributed by atoms with Crippen LogP contribution >= 0.6 is 11.6 Å². The van der Waals surface area contributed by atoms with Gasteiger partial charge in [0.25, 0.3) is 0 Å². The van der Waals surface area contributed by atoms with E-state index in [4.69, 9.17) is 20.9 Å². The Morgan fingerprint density at radius 3 is 2.85 bits per heavy atom. The molecule has 1 aliphatic heterocycles. The van der Waals surface area contributed by atoms with Crippen LogP contribution in [0.3, 0.4) is 0 Å². The largest absolute Gasteiger partial charge is 0.466 e. The molecule has 2 heterocycles. The highest BCUT2D eigenvalue weighted by Crippen LogP contribution is 2.21. The van der Waals surface area contributed by atoms with Gasteiger partial charge in [0.2, 0.25) is 17.6 Å². The molecule has 8 heteroatoms. The zero-order chi connectivity index (χ0) is 19.2. The first kappa shape index (κ1) is 19.4. The highest BCUT2D eigenvalue weighted by atomic mass is 35.5. The molecule has 1 aromatic heterocycles. The molecule has 27 heavy (non-hydrogen) atoms. The molecule has 1 amide bonds. The Morgan fingerprint density at radius 2 is 2.11 bits per heavy atom. The van der Waals surface area contributed by atoms with Crippen molar-refractivity contribution < 1.29 is 18.8 Å². The van der Waals surface area contributed by atoms with Crippen LogP contribution in [0.15, 0.2) is 28.8 Å². The summed E-state index contributed by atoms with van der Waals surface area (Å²) in [5.74, 6) is 0.402. The summed E-state index contributed by atoms with van der Waals surface area (Å²) >= 11 is 5.87. The molecule has 2 aromatic rings. The van der Waals surface area contributed by atoms with Crippen molar-refractivity contribution in [1.82, 2.24) is 15.0 Å². The summed E-state index contributed by atoms with van der Waals surface area (Å²) < 4.78 is 10.3. The normalized spacial score (nSPS) is 17.0. The summed E-state index contributed by atoms with van der Waals surface area (Å²) in [6, 6.07) is 7.14. The van der Waals surface area contributed by atoms with E-state index in [1.54, 1.807) is 24.0 Å². The first-order valence-corrected chi connectivity index (χ1v) is 9.47. The lowest BCUT2D eigenvalue weighted by Gasteiger charge is -2.31. The number of hydrogen-bond acceptors (Lipinski definition) is 6. The van der Waals surface area contributed by atoms with Crippen molar-refractivity contribution in [2.45, 2.75) is 32.6 Å². The fourth-order valence-corrected chi connectivity index (χ4v) is 3.23. The van der Waals surface area contributed by atoms with Gasteiger partial charge in [-0.2, -0.15) is 4.98 Å². The highest BCUT2D eigenvalue weighted by Gasteiger charge is 2.29. The maximum absolute atomic E-state index is 12.5. The first-order valence-electron chi connectivity index (χ1n) is 9.09. The van der Waals surface area contributed by atoms with Crippen molar-refractivity contribution in [1.29, 1.82) is 0 Å². The number of benzene rings is 1. The number of esters is 1. The summed E-state index contributed by atoms with van der Waals surface area (Å²) in [5.41, 5.74) is 0.800. The van der Waals surface area contributed by atoms with Crippen LogP contribution in [0.2, 0.25) is 5.02 Å². The summed E-state index contributed by atoms with van der Waals surface area (Å²) in [4.78, 5) is 30.4. The van der Waals surface area contributed by atoms with E-state index in [-0.39, 0.29) is 24.2 Å². The highest BCUT2D eigenvalue weighted by molar-refractivity contribution is 6.30. The number of rotatable bonds is 6. The van der Waals surface area contributed by atoms with E-state index < -0.39 is 0 Å². The number of likely N-dealkylation sites (tertiary alicyclic amines) is 1. The SMILES string of the molecule is CCOC(=O)C1CCCN(C(=O)CCc2nc(-c3ccc(Cl)cc3)no2)C1. The summed E-state index contributed by atoms with van der Waals surface area (Å²) in [6.45, 7) is 3.22. The number of amides is 1. The molecular weight excluding hydrogens is 370 g/mol. The van der Waals surface area contributed by atoms with Crippen molar-refractivity contribution in [2.24, 2.45) is 5.92 Å². The number of halogens is 1. The quantitative estimate of drug-likeness (QED) is 0.703. The molecule has 1 saturated heterocycles. The van der Waals surface area contributed by atoms with E-state index in [1.165, 1.54) is 0 Å². The molecule has 0 N–H and O–H groups in total. The molecule has 1 atom stereocenters. The standard InChI is InChI=1S/C19H22ClN3O4/c1-2-26-19(25)14-4-3-11-23(12-14)17(24)10-9-16-21-18(22-27-16)13-5-7-15(20)8-6-13/h5-8,14H,2-4,9-12H2,1H3. The lowest BCUT2D eigenvalue weighted by molar-refractivity contribution is -0.151. The summed E-state index contributed by atoms with van der Waals surface area (Å²) in [7, 11) is 0. The van der Waals surface area contributed by atoms with Gasteiger partial charge in [-0.3, -0.25) is 9.59 Å². The fourth-order valence-electron chi connectivity index (χ4n) is 3.10. The molecule has 0 saturated carbocycles. The van der Waals surface area contributed by atoms with Gasteiger partial charge in [0.05, 0.1) is 12.5 Å². The Hall–Kier alpha value is -2.41. The minimum Gasteiger partial charge on any atom is -0.466 e. The van der Waals surface area contributed by atoms with Crippen LogP contribution in [0.5, 0.6) is 0 Å². The number of aromatic nitrogens is 2. The van der Waals surface area contributed by atoms with Gasteiger partial charge in [-0.1, -0.05) is 16.8 Å². The first-order chi connectivity index (χ1) is 13.1. The molecule has 144 valence electrons. The average Bonchev–Trinajstić information content (AvgIpc) is 3.16. The number of nitrogens with zero attached hydrogens (tertiary/aromatic N) is 3. The number of carbonyl (C=O) groups excluding carboxylic acids is 2. The third-order valence-corrected chi connectivity index (χ3v) is 4.77. The van der Waals surface area contributed by atoms with Crippen molar-refractivity contribution in [3.63, 3.8) is 0 Å². The van der Waals surface area contributed by atoms with Crippen molar-refractivity contribution >= 4 is 23.5 Å². The van der Waals surface area contributed by atoms with E-state index in [0.29, 0.717) is 42.9 Å². The molecule has 7 nitrogen and oxygen atoms in total. The maximum atomic E-state index is 12.5. The minimum atomic E-state index is -0.234. The van der Waals surface area contributed by atoms with E-state index in [0.717, 1.165) is 18.4 Å². The number of aryl methyl sites for hydroxylation is 1. The molecule has 1 unspecified atom stereocenters. The molecule has 0 spiro atoms. The molecule has 0 bridgehead atoms. The van der Waals surface area contributed by atoms with E-state index in [9.17, 15) is 9.59 Å². The van der Waals surface area contributed by atoms with E-state index in [1.807, 2.05) is 12.1 Å². The number of piperidine rings is 1. The fraction of sp³-hybridized carbons (Fsp3) is 0.474. The van der Waals surface area contributed by atoms with Crippen molar-refractivity contribution in [3.05, 3.63) is 35.2 Å². The molecule has 1 aliphatic rings. The third kappa shape index (κ3) is 5.07. The number of hydrogen-bond donors (Lipinski definition) is 0. The van der Waals surface area contributed by atoms with Gasteiger partial charge in [-0.15, -0.1) is 0 Å². The van der Waals surface area contributed by atoms with Gasteiger partial charge in [0, 0.05) is 36.5 Å². The summed E-state index contributed by atoms with van der Waals surface area (Å²) in [5, 5.41) is 4.58. The van der Waals surface area contributed by atoms with Gasteiger partial charge in [-0.25, -0.2) is 0 Å². The van der Waals surface area contributed by atoms with Crippen LogP contribution in [-0.2, 0) is 20.7 Å². The van der Waals surface area contributed by atoms with Gasteiger partial charge in [0.15, 0.2) is 0 Å². The Balaban J connectivity index is 1.53. The van der Waals surface area contributed by atoms with Crippen LogP contribution in [0, 0.1) is 5.92 Å². The second kappa shape index (κ2) is 8.99. The van der Waals surface area contributed by atoms with Gasteiger partial charge in [-0.05, 0) is 44.0 Å². The zero-order valence-corrected chi connectivity index (χ0v) is 15.9. The van der Waals surface area contributed by atoms with E-state index in [2.05, 4.69) is 10.1 Å². The Morgan fingerprint density at radius 1 is 1.33 bits per heavy atom. The van der Waals surface area contributed by atoms with Gasteiger partial charge in [0.1, 0.15) is 0 Å². The lowest BCUT2D eigenvalue weighted by Crippen LogP contribution is -2.42. The molecule has 1 fully saturated rings. The number of ether oxygens (including phenoxy) is 1. The third-order valence-electron chi connectivity index (χ3n) is 4.52. The zero-order valence-electron chi connectivity index (χ0n) is 15.2. The second-order valence-corrected chi connectivity index (χ2v) is 6.89. The van der Waals surface area contributed by atoms with Gasteiger partial charge < -0.3 is 14.2 Å². The minimum absolute atomic E-state index is 0.0183. The van der Waals surface area contributed by atoms with Crippen molar-refractivity contribution in [3.8, 4) is 11.4 Å². The maximum Gasteiger partial charge on any atom is 0.310 e. The van der Waals surface area contributed by atoms with Crippen LogP contribution in [0.1, 0.15) is 32.1 Å². The Bertz CT molecular complexity index is 791. The number of carbonyl (C=O) groups is 2. The molecule has 1 aromatic carbocycles. The molecular formula is C19H22ClN3O4. The van der Waals surface area contributed by atoms with Crippen LogP contribution in [0.25, 0.3) is 11.4 Å². The van der Waals surface area contributed by atoms with Crippen LogP contribution in [-0.4, -0.2) is 46.6 Å². The monoisotopic (exact) mass is 391 g/mol. The molecule has 0 aliphatic carbocycles.